The third-order valence-electron chi connectivity index (χ3n) is 4.61. The molecule has 1 aliphatic carbocycles. The van der Waals surface area contributed by atoms with E-state index in [2.05, 4.69) is 27.2 Å². The summed E-state index contributed by atoms with van der Waals surface area (Å²) in [6.07, 6.45) is 8.22. The Balaban J connectivity index is 1.41. The first-order valence-corrected chi connectivity index (χ1v) is 10.4. The molecule has 2 aromatic carbocycles. The van der Waals surface area contributed by atoms with E-state index in [-0.39, 0.29) is 11.7 Å². The van der Waals surface area contributed by atoms with Gasteiger partial charge in [0.1, 0.15) is 27.9 Å². The van der Waals surface area contributed by atoms with Crippen molar-refractivity contribution in [1.82, 2.24) is 9.69 Å². The number of amidine groups is 1. The van der Waals surface area contributed by atoms with Crippen molar-refractivity contribution in [2.75, 3.05) is 11.9 Å². The van der Waals surface area contributed by atoms with E-state index in [4.69, 9.17) is 10.1 Å². The Morgan fingerprint density at radius 1 is 1.10 bits per heavy atom. The van der Waals surface area contributed by atoms with Crippen LogP contribution in [0.2, 0.25) is 0 Å². The zero-order chi connectivity index (χ0) is 20.8. The fraction of sp³-hybridized carbons (Fsp3) is 0.130. The van der Waals surface area contributed by atoms with Crippen LogP contribution < -0.4 is 15.4 Å². The Bertz CT molecular complexity index is 1070. The van der Waals surface area contributed by atoms with Crippen LogP contribution in [0.25, 0.3) is 0 Å². The molecule has 0 spiro atoms. The number of aromatic hydroxyl groups is 1. The number of allylic oxidation sites excluding steroid dienone is 3. The number of aromatic nitrogens is 1. The topological polar surface area (TPSA) is 90.3 Å². The van der Waals surface area contributed by atoms with Crippen molar-refractivity contribution in [2.24, 2.45) is 0 Å². The van der Waals surface area contributed by atoms with Crippen LogP contribution >= 0.6 is 11.5 Å². The summed E-state index contributed by atoms with van der Waals surface area (Å²) in [5, 5.41) is 25.5. The third kappa shape index (κ3) is 4.87. The summed E-state index contributed by atoms with van der Waals surface area (Å²) in [5.41, 5.74) is 2.42. The molecule has 0 aliphatic heterocycles. The van der Waals surface area contributed by atoms with Crippen LogP contribution in [0.4, 0.5) is 10.7 Å². The molecule has 0 atom stereocenters. The van der Waals surface area contributed by atoms with Gasteiger partial charge in [-0.15, -0.1) is 0 Å². The standard InChI is InChI=1S/C23H22N4O2S/c24-21(25-15-16-7-3-1-4-8-16)20-22(28)27-30-23(20)26-17-11-13-19(14-12-17)29-18-9-5-2-6-10-18/h1-3,5-7,9-14,26H,4,8,15H2,(H2,24,25)(H,27,28). The van der Waals surface area contributed by atoms with Crippen LogP contribution in [-0.4, -0.2) is 21.9 Å². The number of hydrogen-bond donors (Lipinski definition) is 4. The van der Waals surface area contributed by atoms with Gasteiger partial charge in [0.25, 0.3) is 0 Å². The molecule has 6 nitrogen and oxygen atoms in total. The van der Waals surface area contributed by atoms with Crippen molar-refractivity contribution >= 4 is 28.1 Å². The molecule has 152 valence electrons. The molecule has 0 saturated heterocycles. The molecule has 1 heterocycles. The van der Waals surface area contributed by atoms with E-state index in [1.54, 1.807) is 0 Å². The van der Waals surface area contributed by atoms with Crippen molar-refractivity contribution in [1.29, 1.82) is 5.41 Å². The number of benzene rings is 2. The van der Waals surface area contributed by atoms with Gasteiger partial charge >= 0.3 is 0 Å². The smallest absolute Gasteiger partial charge is 0.236 e. The summed E-state index contributed by atoms with van der Waals surface area (Å²) < 4.78 is 9.81. The Morgan fingerprint density at radius 2 is 1.87 bits per heavy atom. The largest absolute Gasteiger partial charge is 0.492 e. The second-order valence-corrected chi connectivity index (χ2v) is 7.57. The SMILES string of the molecule is N=C(NCC1=CC=CCC1)c1c(O)nsc1Nc1ccc(Oc2ccccc2)cc1. The zero-order valence-electron chi connectivity index (χ0n) is 16.3. The van der Waals surface area contributed by atoms with Gasteiger partial charge in [-0.05, 0) is 60.8 Å². The molecule has 3 aromatic rings. The van der Waals surface area contributed by atoms with Gasteiger partial charge in [0.2, 0.25) is 5.88 Å². The van der Waals surface area contributed by atoms with Gasteiger partial charge in [0.15, 0.2) is 0 Å². The van der Waals surface area contributed by atoms with E-state index in [9.17, 15) is 5.11 Å². The van der Waals surface area contributed by atoms with E-state index >= 15 is 0 Å². The maximum Gasteiger partial charge on any atom is 0.236 e. The maximum absolute atomic E-state index is 10.2. The van der Waals surface area contributed by atoms with Crippen molar-refractivity contribution < 1.29 is 9.84 Å². The average molecular weight is 419 g/mol. The van der Waals surface area contributed by atoms with Crippen molar-refractivity contribution in [3.8, 4) is 17.4 Å². The molecule has 4 rings (SSSR count). The molecule has 0 amide bonds. The summed E-state index contributed by atoms with van der Waals surface area (Å²) in [7, 11) is 0. The zero-order valence-corrected chi connectivity index (χ0v) is 17.1. The summed E-state index contributed by atoms with van der Waals surface area (Å²) in [6, 6.07) is 17.1. The van der Waals surface area contributed by atoms with Crippen LogP contribution in [0.5, 0.6) is 17.4 Å². The van der Waals surface area contributed by atoms with E-state index in [0.29, 0.717) is 17.1 Å². The van der Waals surface area contributed by atoms with Crippen LogP contribution in [0, 0.1) is 5.41 Å². The Morgan fingerprint density at radius 3 is 2.60 bits per heavy atom. The summed E-state index contributed by atoms with van der Waals surface area (Å²) in [5.74, 6) is 1.49. The minimum atomic E-state index is -0.151. The van der Waals surface area contributed by atoms with E-state index < -0.39 is 0 Å². The lowest BCUT2D eigenvalue weighted by atomic mass is 10.1. The third-order valence-corrected chi connectivity index (χ3v) is 5.36. The second-order valence-electron chi connectivity index (χ2n) is 6.80. The van der Waals surface area contributed by atoms with Gasteiger partial charge in [-0.25, -0.2) is 0 Å². The molecule has 1 aliphatic rings. The second kappa shape index (κ2) is 9.28. The first kappa shape index (κ1) is 19.7. The van der Waals surface area contributed by atoms with Crippen LogP contribution in [0.1, 0.15) is 18.4 Å². The molecule has 0 unspecified atom stereocenters. The number of para-hydroxylation sites is 1. The molecular weight excluding hydrogens is 396 g/mol. The fourth-order valence-corrected chi connectivity index (χ4v) is 3.76. The van der Waals surface area contributed by atoms with Crippen LogP contribution in [-0.2, 0) is 0 Å². The van der Waals surface area contributed by atoms with Crippen LogP contribution in [0.15, 0.2) is 78.4 Å². The lowest BCUT2D eigenvalue weighted by molar-refractivity contribution is 0.458. The number of rotatable bonds is 7. The van der Waals surface area contributed by atoms with Gasteiger partial charge in [0, 0.05) is 12.2 Å². The van der Waals surface area contributed by atoms with Gasteiger partial charge in [-0.1, -0.05) is 42.0 Å². The fourth-order valence-electron chi connectivity index (χ4n) is 3.04. The summed E-state index contributed by atoms with van der Waals surface area (Å²) in [6.45, 7) is 0.573. The minimum Gasteiger partial charge on any atom is -0.492 e. The van der Waals surface area contributed by atoms with Gasteiger partial charge < -0.3 is 20.5 Å². The molecule has 0 bridgehead atoms. The lowest BCUT2D eigenvalue weighted by Crippen LogP contribution is -2.26. The van der Waals surface area contributed by atoms with Gasteiger partial charge in [-0.2, -0.15) is 4.37 Å². The highest BCUT2D eigenvalue weighted by molar-refractivity contribution is 7.11. The normalized spacial score (nSPS) is 12.9. The lowest BCUT2D eigenvalue weighted by Gasteiger charge is -2.13. The van der Waals surface area contributed by atoms with E-state index in [1.807, 2.05) is 60.7 Å². The number of hydrogen-bond acceptors (Lipinski definition) is 6. The Hall–Kier alpha value is -3.58. The van der Waals surface area contributed by atoms with Gasteiger partial charge in [-0.3, -0.25) is 5.41 Å². The molecule has 0 radical (unpaired) electrons. The first-order chi connectivity index (χ1) is 14.7. The highest BCUT2D eigenvalue weighted by Crippen LogP contribution is 2.33. The highest BCUT2D eigenvalue weighted by Gasteiger charge is 2.18. The van der Waals surface area contributed by atoms with Crippen LogP contribution in [0.3, 0.4) is 0 Å². The maximum atomic E-state index is 10.2. The summed E-state index contributed by atoms with van der Waals surface area (Å²) >= 11 is 1.12. The quantitative estimate of drug-likeness (QED) is 0.297. The van der Waals surface area contributed by atoms with E-state index in [1.165, 1.54) is 5.57 Å². The van der Waals surface area contributed by atoms with Crippen molar-refractivity contribution in [3.63, 3.8) is 0 Å². The molecule has 7 heteroatoms. The molecule has 4 N–H and O–H groups in total. The van der Waals surface area contributed by atoms with Gasteiger partial charge in [0.05, 0.1) is 0 Å². The monoisotopic (exact) mass is 418 g/mol. The predicted molar refractivity (Wildman–Crippen MR) is 121 cm³/mol. The molecule has 30 heavy (non-hydrogen) atoms. The number of ether oxygens (including phenoxy) is 1. The number of anilines is 2. The molecule has 1 aromatic heterocycles. The average Bonchev–Trinajstić information content (AvgIpc) is 3.15. The van der Waals surface area contributed by atoms with Crippen molar-refractivity contribution in [3.05, 3.63) is 84.0 Å². The highest BCUT2D eigenvalue weighted by atomic mass is 32.1. The molecule has 0 saturated carbocycles. The van der Waals surface area contributed by atoms with E-state index in [0.717, 1.165) is 41.6 Å². The number of nitrogens with zero attached hydrogens (tertiary/aromatic N) is 1. The first-order valence-electron chi connectivity index (χ1n) is 9.65. The van der Waals surface area contributed by atoms with Crippen molar-refractivity contribution in [2.45, 2.75) is 12.8 Å². The summed E-state index contributed by atoms with van der Waals surface area (Å²) in [4.78, 5) is 0. The minimum absolute atomic E-state index is 0.142. The predicted octanol–water partition coefficient (Wildman–Crippen LogP) is 5.58. The molecular formula is C23H22N4O2S. The Labute approximate surface area is 179 Å². The number of nitrogens with one attached hydrogen (secondary N) is 3. The Kier molecular flexibility index (Phi) is 6.10. The molecule has 0 fully saturated rings.